The summed E-state index contributed by atoms with van der Waals surface area (Å²) in [7, 11) is 0. The fourth-order valence-corrected chi connectivity index (χ4v) is 3.29. The molecule has 3 rings (SSSR count). The Morgan fingerprint density at radius 1 is 1.29 bits per heavy atom. The van der Waals surface area contributed by atoms with Crippen molar-refractivity contribution in [1.82, 2.24) is 4.98 Å². The van der Waals surface area contributed by atoms with Gasteiger partial charge in [-0.25, -0.2) is 9.37 Å². The minimum absolute atomic E-state index is 0.163. The zero-order valence-corrected chi connectivity index (χ0v) is 13.0. The Hall–Kier alpha value is -1.86. The molecule has 4 nitrogen and oxygen atoms in total. The first-order chi connectivity index (χ1) is 10.1. The van der Waals surface area contributed by atoms with Crippen LogP contribution in [0.3, 0.4) is 0 Å². The molecule has 0 spiro atoms. The first-order valence-corrected chi connectivity index (χ1v) is 7.53. The summed E-state index contributed by atoms with van der Waals surface area (Å²) in [5.74, 6) is -0.686. The highest BCUT2D eigenvalue weighted by molar-refractivity contribution is 9.10. The molecule has 1 heterocycles. The molecule has 3 aromatic rings. The van der Waals surface area contributed by atoms with E-state index < -0.39 is 5.82 Å². The molecule has 0 saturated carbocycles. The Kier molecular flexibility index (Phi) is 3.69. The van der Waals surface area contributed by atoms with Gasteiger partial charge in [0.1, 0.15) is 11.4 Å². The first kappa shape index (κ1) is 14.1. The van der Waals surface area contributed by atoms with Gasteiger partial charge >= 0.3 is 0 Å². The van der Waals surface area contributed by atoms with Crippen molar-refractivity contribution in [3.63, 3.8) is 0 Å². The van der Waals surface area contributed by atoms with Gasteiger partial charge in [0.05, 0.1) is 9.37 Å². The smallest absolute Gasteiger partial charge is 0.261 e. The summed E-state index contributed by atoms with van der Waals surface area (Å²) in [6, 6.07) is 10.5. The number of rotatable bonds is 3. The van der Waals surface area contributed by atoms with E-state index in [0.717, 1.165) is 17.3 Å². The predicted octanol–water partition coefficient (Wildman–Crippen LogP) is 4.16. The van der Waals surface area contributed by atoms with E-state index >= 15 is 0 Å². The molecule has 21 heavy (non-hydrogen) atoms. The van der Waals surface area contributed by atoms with E-state index in [4.69, 9.17) is 15.6 Å². The average molecular weight is 366 g/mol. The Morgan fingerprint density at radius 3 is 2.76 bits per heavy atom. The average Bonchev–Trinajstić information content (AvgIpc) is 2.86. The quantitative estimate of drug-likeness (QED) is 0.539. The number of aromatic nitrogens is 1. The van der Waals surface area contributed by atoms with Crippen LogP contribution < -0.4 is 5.73 Å². The van der Waals surface area contributed by atoms with Crippen molar-refractivity contribution in [2.24, 2.45) is 5.73 Å². The number of halogens is 2. The van der Waals surface area contributed by atoms with Crippen molar-refractivity contribution in [2.45, 2.75) is 10.1 Å². The van der Waals surface area contributed by atoms with Crippen molar-refractivity contribution in [2.75, 3.05) is 0 Å². The van der Waals surface area contributed by atoms with Gasteiger partial charge in [-0.3, -0.25) is 5.41 Å². The SMILES string of the molecule is N=C(N)c1ccc(Sc2nc3ccccc3o2)c(F)c1Br. The third-order valence-corrected chi connectivity index (χ3v) is 4.47. The molecule has 2 aromatic carbocycles. The van der Waals surface area contributed by atoms with Crippen LogP contribution in [-0.4, -0.2) is 10.8 Å². The van der Waals surface area contributed by atoms with Gasteiger partial charge in [-0.05, 0) is 52.0 Å². The summed E-state index contributed by atoms with van der Waals surface area (Å²) in [5.41, 5.74) is 7.08. The molecule has 0 unspecified atom stereocenters. The number of fused-ring (bicyclic) bond motifs is 1. The normalized spacial score (nSPS) is 11.0. The minimum atomic E-state index is -0.491. The van der Waals surface area contributed by atoms with Crippen LogP contribution >= 0.6 is 27.7 Å². The molecular weight excluding hydrogens is 357 g/mol. The number of hydrogen-bond donors (Lipinski definition) is 2. The molecule has 0 fully saturated rings. The van der Waals surface area contributed by atoms with Gasteiger partial charge < -0.3 is 10.2 Å². The van der Waals surface area contributed by atoms with Crippen LogP contribution in [0.15, 0.2) is 55.4 Å². The van der Waals surface area contributed by atoms with Gasteiger partial charge in [0.15, 0.2) is 11.4 Å². The van der Waals surface area contributed by atoms with Crippen LogP contribution in [0, 0.1) is 11.2 Å². The molecule has 0 atom stereocenters. The topological polar surface area (TPSA) is 75.9 Å². The number of oxazole rings is 1. The molecule has 7 heteroatoms. The van der Waals surface area contributed by atoms with Gasteiger partial charge in [-0.2, -0.15) is 0 Å². The maximum Gasteiger partial charge on any atom is 0.261 e. The van der Waals surface area contributed by atoms with Crippen molar-refractivity contribution >= 4 is 44.6 Å². The monoisotopic (exact) mass is 365 g/mol. The number of nitrogen functional groups attached to an aromatic ring is 1. The number of amidine groups is 1. The molecule has 0 amide bonds. The first-order valence-electron chi connectivity index (χ1n) is 5.92. The summed E-state index contributed by atoms with van der Waals surface area (Å²) in [6.07, 6.45) is 0. The summed E-state index contributed by atoms with van der Waals surface area (Å²) in [4.78, 5) is 4.63. The van der Waals surface area contributed by atoms with Crippen LogP contribution in [0.25, 0.3) is 11.1 Å². The van der Waals surface area contributed by atoms with Crippen molar-refractivity contribution in [3.05, 3.63) is 52.3 Å². The lowest BCUT2D eigenvalue weighted by atomic mass is 10.2. The third-order valence-electron chi connectivity index (χ3n) is 2.81. The van der Waals surface area contributed by atoms with Gasteiger partial charge in [0.25, 0.3) is 5.22 Å². The van der Waals surface area contributed by atoms with E-state index in [9.17, 15) is 4.39 Å². The van der Waals surface area contributed by atoms with Crippen LogP contribution in [0.1, 0.15) is 5.56 Å². The van der Waals surface area contributed by atoms with Crippen LogP contribution in [0.5, 0.6) is 0 Å². The van der Waals surface area contributed by atoms with Crippen molar-refractivity contribution in [1.29, 1.82) is 5.41 Å². The highest BCUT2D eigenvalue weighted by atomic mass is 79.9. The molecule has 0 bridgehead atoms. The maximum absolute atomic E-state index is 14.3. The number of hydrogen-bond acceptors (Lipinski definition) is 4. The zero-order chi connectivity index (χ0) is 15.0. The summed E-state index contributed by atoms with van der Waals surface area (Å²) in [5, 5.41) is 7.74. The summed E-state index contributed by atoms with van der Waals surface area (Å²) in [6.45, 7) is 0. The molecule has 106 valence electrons. The molecule has 0 aliphatic rings. The fourth-order valence-electron chi connectivity index (χ4n) is 1.81. The highest BCUT2D eigenvalue weighted by Gasteiger charge is 2.16. The Morgan fingerprint density at radius 2 is 2.05 bits per heavy atom. The van der Waals surface area contributed by atoms with Gasteiger partial charge in [-0.15, -0.1) is 0 Å². The van der Waals surface area contributed by atoms with E-state index in [0.29, 0.717) is 21.3 Å². The highest BCUT2D eigenvalue weighted by Crippen LogP contribution is 2.35. The predicted molar refractivity (Wildman–Crippen MR) is 83.2 cm³/mol. The molecule has 0 radical (unpaired) electrons. The van der Waals surface area contributed by atoms with E-state index in [1.54, 1.807) is 18.2 Å². The lowest BCUT2D eigenvalue weighted by molar-refractivity contribution is 0.488. The fraction of sp³-hybridized carbons (Fsp3) is 0. The Labute approximate surface area is 132 Å². The number of benzene rings is 2. The van der Waals surface area contributed by atoms with E-state index in [-0.39, 0.29) is 10.3 Å². The molecular formula is C14H9BrFN3OS. The lowest BCUT2D eigenvalue weighted by Gasteiger charge is -2.06. The second-order valence-electron chi connectivity index (χ2n) is 4.20. The number of para-hydroxylation sites is 2. The van der Waals surface area contributed by atoms with Gasteiger partial charge in [0, 0.05) is 5.56 Å². The number of nitrogens with two attached hydrogens (primary N) is 1. The standard InChI is InChI=1S/C14H9BrFN3OS/c15-11-7(13(17)18)5-6-10(12(11)16)21-14-19-8-3-1-2-4-9(8)20-14/h1-6H,(H3,17,18). The lowest BCUT2D eigenvalue weighted by Crippen LogP contribution is -2.12. The second kappa shape index (κ2) is 5.50. The van der Waals surface area contributed by atoms with E-state index in [1.807, 2.05) is 18.2 Å². The summed E-state index contributed by atoms with van der Waals surface area (Å²) < 4.78 is 20.0. The maximum atomic E-state index is 14.3. The third kappa shape index (κ3) is 2.66. The van der Waals surface area contributed by atoms with Gasteiger partial charge in [-0.1, -0.05) is 12.1 Å². The van der Waals surface area contributed by atoms with Crippen LogP contribution in [0.4, 0.5) is 4.39 Å². The largest absolute Gasteiger partial charge is 0.431 e. The summed E-state index contributed by atoms with van der Waals surface area (Å²) >= 11 is 4.20. The molecule has 0 saturated heterocycles. The second-order valence-corrected chi connectivity index (χ2v) is 5.99. The Bertz CT molecular complexity index is 816. The molecule has 0 aliphatic heterocycles. The number of nitrogens with one attached hydrogen (secondary N) is 1. The van der Waals surface area contributed by atoms with Gasteiger partial charge in [0.2, 0.25) is 0 Å². The molecule has 1 aromatic heterocycles. The number of nitrogens with zero attached hydrogens (tertiary/aromatic N) is 1. The molecule has 0 aliphatic carbocycles. The Balaban J connectivity index is 1.98. The molecule has 3 N–H and O–H groups in total. The van der Waals surface area contributed by atoms with E-state index in [1.165, 1.54) is 0 Å². The van der Waals surface area contributed by atoms with E-state index in [2.05, 4.69) is 20.9 Å². The van der Waals surface area contributed by atoms with Crippen LogP contribution in [-0.2, 0) is 0 Å². The minimum Gasteiger partial charge on any atom is -0.431 e. The van der Waals surface area contributed by atoms with Crippen LogP contribution in [0.2, 0.25) is 0 Å². The zero-order valence-electron chi connectivity index (χ0n) is 10.6. The van der Waals surface area contributed by atoms with Crippen molar-refractivity contribution in [3.8, 4) is 0 Å². The van der Waals surface area contributed by atoms with Crippen molar-refractivity contribution < 1.29 is 8.81 Å².